The third kappa shape index (κ3) is 1.29. The summed E-state index contributed by atoms with van der Waals surface area (Å²) in [6.45, 7) is 0. The minimum Gasteiger partial charge on any atom is -0.390 e. The molecule has 1 rings (SSSR count). The lowest BCUT2D eigenvalue weighted by molar-refractivity contribution is -0.135. The van der Waals surface area contributed by atoms with Crippen molar-refractivity contribution in [2.45, 2.75) is 37.3 Å². The molecule has 4 heteroatoms. The Balaban J connectivity index is 2.52. The summed E-state index contributed by atoms with van der Waals surface area (Å²) in [7, 11) is 0. The third-order valence-corrected chi connectivity index (χ3v) is 1.90. The van der Waals surface area contributed by atoms with E-state index in [1.165, 1.54) is 0 Å². The Labute approximate surface area is 58.7 Å². The average molecular weight is 148 g/mol. The fraction of sp³-hybridized carbons (Fsp3) is 1.00. The van der Waals surface area contributed by atoms with Crippen molar-refractivity contribution in [3.05, 3.63) is 0 Å². The molecule has 4 atom stereocenters. The van der Waals surface area contributed by atoms with Crippen LogP contribution in [-0.4, -0.2) is 44.8 Å². The van der Waals surface area contributed by atoms with E-state index >= 15 is 0 Å². The molecule has 10 heavy (non-hydrogen) atoms. The molecule has 0 saturated heterocycles. The van der Waals surface area contributed by atoms with E-state index in [4.69, 9.17) is 20.4 Å². The molecule has 0 aromatic carbocycles. The van der Waals surface area contributed by atoms with Crippen molar-refractivity contribution in [2.24, 2.45) is 0 Å². The number of hydrogen-bond acceptors (Lipinski definition) is 4. The first-order valence-corrected chi connectivity index (χ1v) is 3.35. The molecule has 1 fully saturated rings. The molecule has 1 aliphatic rings. The molecule has 0 radical (unpaired) electrons. The molecule has 0 aliphatic heterocycles. The summed E-state index contributed by atoms with van der Waals surface area (Å²) >= 11 is 0. The standard InChI is InChI=1S/C6H12O4/c7-3-1-2-4(8)6(10)5(3)9/h3-10H,1-2H2/t3-,4+,5?,6?. The van der Waals surface area contributed by atoms with Gasteiger partial charge in [-0.15, -0.1) is 0 Å². The summed E-state index contributed by atoms with van der Waals surface area (Å²) in [5, 5.41) is 35.8. The predicted molar refractivity (Wildman–Crippen MR) is 33.3 cm³/mol. The second-order valence-electron chi connectivity index (χ2n) is 2.69. The second kappa shape index (κ2) is 2.84. The molecule has 60 valence electrons. The van der Waals surface area contributed by atoms with E-state index in [0.29, 0.717) is 12.8 Å². The summed E-state index contributed by atoms with van der Waals surface area (Å²) in [6, 6.07) is 0. The average Bonchev–Trinajstić information content (AvgIpc) is 1.93. The van der Waals surface area contributed by atoms with E-state index in [1.54, 1.807) is 0 Å². The predicted octanol–water partition coefficient (Wildman–Crippen LogP) is -1.78. The topological polar surface area (TPSA) is 80.9 Å². The van der Waals surface area contributed by atoms with Gasteiger partial charge < -0.3 is 20.4 Å². The van der Waals surface area contributed by atoms with Crippen LogP contribution in [0.5, 0.6) is 0 Å². The van der Waals surface area contributed by atoms with E-state index in [0.717, 1.165) is 0 Å². The minimum atomic E-state index is -1.19. The van der Waals surface area contributed by atoms with Crippen molar-refractivity contribution >= 4 is 0 Å². The Morgan fingerprint density at radius 1 is 0.700 bits per heavy atom. The fourth-order valence-corrected chi connectivity index (χ4v) is 1.14. The van der Waals surface area contributed by atoms with Gasteiger partial charge in [0.15, 0.2) is 0 Å². The van der Waals surface area contributed by atoms with Crippen LogP contribution in [-0.2, 0) is 0 Å². The van der Waals surface area contributed by atoms with Gasteiger partial charge in [0.2, 0.25) is 0 Å². The second-order valence-corrected chi connectivity index (χ2v) is 2.69. The Hall–Kier alpha value is -0.160. The number of hydrogen-bond donors (Lipinski definition) is 4. The lowest BCUT2D eigenvalue weighted by Gasteiger charge is -2.31. The van der Waals surface area contributed by atoms with Crippen molar-refractivity contribution in [1.82, 2.24) is 0 Å². The lowest BCUT2D eigenvalue weighted by atomic mass is 9.90. The van der Waals surface area contributed by atoms with Crippen LogP contribution in [0.1, 0.15) is 12.8 Å². The Morgan fingerprint density at radius 2 is 1.00 bits per heavy atom. The molecule has 0 aromatic heterocycles. The highest BCUT2D eigenvalue weighted by molar-refractivity contribution is 4.86. The highest BCUT2D eigenvalue weighted by Gasteiger charge is 2.34. The summed E-state index contributed by atoms with van der Waals surface area (Å²) < 4.78 is 0. The summed E-state index contributed by atoms with van der Waals surface area (Å²) in [4.78, 5) is 0. The first-order valence-electron chi connectivity index (χ1n) is 3.35. The quantitative estimate of drug-likeness (QED) is 0.327. The van der Waals surface area contributed by atoms with Crippen molar-refractivity contribution in [3.8, 4) is 0 Å². The van der Waals surface area contributed by atoms with Crippen molar-refractivity contribution < 1.29 is 20.4 Å². The van der Waals surface area contributed by atoms with E-state index in [-0.39, 0.29) is 0 Å². The van der Waals surface area contributed by atoms with Crippen LogP contribution in [0.25, 0.3) is 0 Å². The molecule has 2 unspecified atom stereocenters. The van der Waals surface area contributed by atoms with Gasteiger partial charge in [-0.1, -0.05) is 0 Å². The van der Waals surface area contributed by atoms with Crippen LogP contribution in [0.4, 0.5) is 0 Å². The van der Waals surface area contributed by atoms with Gasteiger partial charge in [0.1, 0.15) is 12.2 Å². The fourth-order valence-electron chi connectivity index (χ4n) is 1.14. The Morgan fingerprint density at radius 3 is 1.30 bits per heavy atom. The van der Waals surface area contributed by atoms with Crippen molar-refractivity contribution in [3.63, 3.8) is 0 Å². The van der Waals surface area contributed by atoms with Gasteiger partial charge in [-0.3, -0.25) is 0 Å². The van der Waals surface area contributed by atoms with E-state index in [2.05, 4.69) is 0 Å². The maximum atomic E-state index is 8.96. The van der Waals surface area contributed by atoms with Gasteiger partial charge >= 0.3 is 0 Å². The van der Waals surface area contributed by atoms with E-state index < -0.39 is 24.4 Å². The van der Waals surface area contributed by atoms with Gasteiger partial charge in [0.25, 0.3) is 0 Å². The molecule has 4 nitrogen and oxygen atoms in total. The molecule has 0 amide bonds. The summed E-state index contributed by atoms with van der Waals surface area (Å²) in [6.07, 6.45) is -3.47. The highest BCUT2D eigenvalue weighted by Crippen LogP contribution is 2.19. The minimum absolute atomic E-state index is 0.347. The van der Waals surface area contributed by atoms with Crippen molar-refractivity contribution in [1.29, 1.82) is 0 Å². The van der Waals surface area contributed by atoms with Crippen molar-refractivity contribution in [2.75, 3.05) is 0 Å². The molecule has 1 saturated carbocycles. The summed E-state index contributed by atoms with van der Waals surface area (Å²) in [5.74, 6) is 0. The normalized spacial score (nSPS) is 49.2. The highest BCUT2D eigenvalue weighted by atomic mass is 16.4. The maximum Gasteiger partial charge on any atom is 0.108 e. The van der Waals surface area contributed by atoms with Crippen LogP contribution in [0.15, 0.2) is 0 Å². The van der Waals surface area contributed by atoms with Crippen LogP contribution in [0.3, 0.4) is 0 Å². The van der Waals surface area contributed by atoms with E-state index in [9.17, 15) is 0 Å². The smallest absolute Gasteiger partial charge is 0.108 e. The molecule has 4 N–H and O–H groups in total. The van der Waals surface area contributed by atoms with Gasteiger partial charge in [-0.2, -0.15) is 0 Å². The van der Waals surface area contributed by atoms with Gasteiger partial charge in [-0.25, -0.2) is 0 Å². The zero-order valence-electron chi connectivity index (χ0n) is 5.51. The molecular weight excluding hydrogens is 136 g/mol. The van der Waals surface area contributed by atoms with Crippen LogP contribution < -0.4 is 0 Å². The van der Waals surface area contributed by atoms with Crippen LogP contribution in [0, 0.1) is 0 Å². The van der Waals surface area contributed by atoms with Crippen LogP contribution in [0.2, 0.25) is 0 Å². The largest absolute Gasteiger partial charge is 0.390 e. The van der Waals surface area contributed by atoms with Gasteiger partial charge in [-0.05, 0) is 12.8 Å². The monoisotopic (exact) mass is 148 g/mol. The zero-order chi connectivity index (χ0) is 7.72. The van der Waals surface area contributed by atoms with E-state index in [1.807, 2.05) is 0 Å². The molecule has 1 aliphatic carbocycles. The Kier molecular flexibility index (Phi) is 2.25. The van der Waals surface area contributed by atoms with Gasteiger partial charge in [0, 0.05) is 0 Å². The zero-order valence-corrected chi connectivity index (χ0v) is 5.51. The molecule has 0 heterocycles. The molecule has 0 spiro atoms. The lowest BCUT2D eigenvalue weighted by Crippen LogP contribution is -2.48. The van der Waals surface area contributed by atoms with Gasteiger partial charge in [0.05, 0.1) is 12.2 Å². The first kappa shape index (κ1) is 7.94. The first-order chi connectivity index (χ1) is 4.63. The SMILES string of the molecule is OC1C(O)[C@@H](O)CC[C@H]1O. The molecule has 0 bridgehead atoms. The third-order valence-electron chi connectivity index (χ3n) is 1.90. The maximum absolute atomic E-state index is 8.96. The molecular formula is C6H12O4. The number of aliphatic hydroxyl groups excluding tert-OH is 4. The number of rotatable bonds is 0. The van der Waals surface area contributed by atoms with Crippen LogP contribution >= 0.6 is 0 Å². The summed E-state index contributed by atoms with van der Waals surface area (Å²) in [5.41, 5.74) is 0. The number of aliphatic hydroxyl groups is 4. The molecule has 0 aromatic rings. The Bertz CT molecular complexity index is 102.